The largest absolute Gasteiger partial charge is 0.389 e. The van der Waals surface area contributed by atoms with Crippen LogP contribution in [0.25, 0.3) is 0 Å². The Balaban J connectivity index is 2.40. The number of sulfone groups is 1. The van der Waals surface area contributed by atoms with Crippen LogP contribution in [0.3, 0.4) is 0 Å². The van der Waals surface area contributed by atoms with Gasteiger partial charge in [-0.15, -0.1) is 0 Å². The normalized spacial score (nSPS) is 19.9. The van der Waals surface area contributed by atoms with Gasteiger partial charge in [0.15, 0.2) is 9.84 Å². The number of hydrogen-bond acceptors (Lipinski definition) is 5. The number of nitrogens with two attached hydrogens (primary N) is 1. The van der Waals surface area contributed by atoms with Gasteiger partial charge in [-0.1, -0.05) is 23.8 Å². The van der Waals surface area contributed by atoms with Crippen molar-refractivity contribution in [3.05, 3.63) is 28.8 Å². The minimum absolute atomic E-state index is 0.271. The molecule has 4 nitrogen and oxygen atoms in total. The third-order valence-corrected chi connectivity index (χ3v) is 6.30. The average Bonchev–Trinajstić information content (AvgIpc) is 2.37. The number of hydrogen-bond donors (Lipinski definition) is 1. The zero-order valence-electron chi connectivity index (χ0n) is 10.9. The van der Waals surface area contributed by atoms with E-state index in [2.05, 4.69) is 0 Å². The lowest BCUT2D eigenvalue weighted by molar-refractivity contribution is 0.584. The fourth-order valence-electron chi connectivity index (χ4n) is 2.10. The monoisotopic (exact) mass is 350 g/mol. The second-order valence-electron chi connectivity index (χ2n) is 4.58. The van der Waals surface area contributed by atoms with E-state index in [0.717, 1.165) is 5.75 Å². The van der Waals surface area contributed by atoms with Gasteiger partial charge in [-0.05, 0) is 18.2 Å². The first-order valence-electron chi connectivity index (χ1n) is 5.93. The molecule has 20 heavy (non-hydrogen) atoms. The van der Waals surface area contributed by atoms with E-state index in [-0.39, 0.29) is 4.99 Å². The molecule has 1 aliphatic rings. The van der Waals surface area contributed by atoms with Gasteiger partial charge in [-0.25, -0.2) is 8.42 Å². The molecule has 0 bridgehead atoms. The Morgan fingerprint density at radius 1 is 1.55 bits per heavy atom. The van der Waals surface area contributed by atoms with Crippen molar-refractivity contribution < 1.29 is 8.42 Å². The molecule has 1 heterocycles. The Bertz CT molecular complexity index is 634. The van der Waals surface area contributed by atoms with Crippen LogP contribution in [0, 0.1) is 0 Å². The van der Waals surface area contributed by atoms with E-state index < -0.39 is 15.2 Å². The van der Waals surface area contributed by atoms with Crippen LogP contribution in [0.4, 0.5) is 5.69 Å². The van der Waals surface area contributed by atoms with Gasteiger partial charge in [0.1, 0.15) is 10.4 Å². The van der Waals surface area contributed by atoms with Crippen LogP contribution in [0.1, 0.15) is 5.56 Å². The fraction of sp³-hybridized carbons (Fsp3) is 0.417. The van der Waals surface area contributed by atoms with Crippen LogP contribution < -0.4 is 10.6 Å². The lowest BCUT2D eigenvalue weighted by atomic mass is 10.2. The molecule has 0 saturated carbocycles. The van der Waals surface area contributed by atoms with Crippen LogP contribution in [0.5, 0.6) is 0 Å². The molecular formula is C12H15ClN2O2S3. The summed E-state index contributed by atoms with van der Waals surface area (Å²) in [5.74, 6) is 1.42. The summed E-state index contributed by atoms with van der Waals surface area (Å²) < 4.78 is 23.8. The number of thiocarbonyl (C=S) groups is 1. The summed E-state index contributed by atoms with van der Waals surface area (Å²) in [5.41, 5.74) is 6.96. The topological polar surface area (TPSA) is 63.4 Å². The van der Waals surface area contributed by atoms with E-state index in [0.29, 0.717) is 28.6 Å². The minimum atomic E-state index is -3.17. The molecule has 1 atom stereocenters. The van der Waals surface area contributed by atoms with Crippen molar-refractivity contribution in [3.63, 3.8) is 0 Å². The van der Waals surface area contributed by atoms with E-state index >= 15 is 0 Å². The number of rotatable bonds is 3. The zero-order chi connectivity index (χ0) is 14.9. The number of nitrogens with zero attached hydrogens (tertiary/aromatic N) is 1. The second kappa shape index (κ2) is 6.09. The Kier molecular flexibility index (Phi) is 4.84. The highest BCUT2D eigenvalue weighted by Gasteiger charge is 2.32. The molecule has 1 fully saturated rings. The highest BCUT2D eigenvalue weighted by molar-refractivity contribution is 8.01. The summed E-state index contributed by atoms with van der Waals surface area (Å²) in [7, 11) is -3.17. The molecule has 0 amide bonds. The van der Waals surface area contributed by atoms with Gasteiger partial charge >= 0.3 is 0 Å². The van der Waals surface area contributed by atoms with E-state index in [1.54, 1.807) is 30.0 Å². The quantitative estimate of drug-likeness (QED) is 0.840. The van der Waals surface area contributed by atoms with Crippen LogP contribution >= 0.6 is 35.6 Å². The van der Waals surface area contributed by atoms with Crippen molar-refractivity contribution in [2.45, 2.75) is 5.37 Å². The smallest absolute Gasteiger partial charge is 0.169 e. The number of halogens is 1. The minimum Gasteiger partial charge on any atom is -0.389 e. The highest BCUT2D eigenvalue weighted by Crippen LogP contribution is 2.32. The molecular weight excluding hydrogens is 336 g/mol. The maximum absolute atomic E-state index is 11.9. The molecule has 8 heteroatoms. The molecule has 1 aromatic rings. The molecule has 1 unspecified atom stereocenters. The third-order valence-electron chi connectivity index (χ3n) is 3.12. The summed E-state index contributed by atoms with van der Waals surface area (Å²) in [6.07, 6.45) is 1.26. The second-order valence-corrected chi connectivity index (χ2v) is 8.78. The van der Waals surface area contributed by atoms with Crippen LogP contribution in [-0.4, -0.2) is 43.1 Å². The lowest BCUT2D eigenvalue weighted by Crippen LogP contribution is -2.47. The molecule has 0 aromatic heterocycles. The van der Waals surface area contributed by atoms with Gasteiger partial charge in [-0.3, -0.25) is 0 Å². The Morgan fingerprint density at radius 3 is 2.80 bits per heavy atom. The van der Waals surface area contributed by atoms with Crippen molar-refractivity contribution >= 4 is 56.1 Å². The summed E-state index contributed by atoms with van der Waals surface area (Å²) >= 11 is 12.8. The standard InChI is InChI=1S/C12H15ClN2O2S3/c1-20(16,17)11-7-19-5-4-15(11)10-3-2-8(12(14)18)6-9(10)13/h2-3,6,11H,4-5,7H2,1H3,(H2,14,18). The van der Waals surface area contributed by atoms with Crippen molar-refractivity contribution in [1.29, 1.82) is 0 Å². The van der Waals surface area contributed by atoms with Crippen LogP contribution in [0.2, 0.25) is 5.02 Å². The highest BCUT2D eigenvalue weighted by atomic mass is 35.5. The maximum Gasteiger partial charge on any atom is 0.169 e. The first-order valence-corrected chi connectivity index (χ1v) is 9.83. The molecule has 0 spiro atoms. The number of anilines is 1. The fourth-order valence-corrected chi connectivity index (χ4v) is 5.35. The third kappa shape index (κ3) is 3.39. The summed E-state index contributed by atoms with van der Waals surface area (Å²) in [4.78, 5) is 2.12. The Hall–Kier alpha value is -0.500. The lowest BCUT2D eigenvalue weighted by Gasteiger charge is -2.36. The first kappa shape index (κ1) is 15.9. The summed E-state index contributed by atoms with van der Waals surface area (Å²) in [6.45, 7) is 0.647. The van der Waals surface area contributed by atoms with Gasteiger partial charge < -0.3 is 10.6 Å². The molecule has 110 valence electrons. The average molecular weight is 351 g/mol. The number of thioether (sulfide) groups is 1. The van der Waals surface area contributed by atoms with Gasteiger partial charge in [-0.2, -0.15) is 11.8 Å². The van der Waals surface area contributed by atoms with Gasteiger partial charge in [0.2, 0.25) is 0 Å². The molecule has 0 aliphatic carbocycles. The van der Waals surface area contributed by atoms with Crippen molar-refractivity contribution in [1.82, 2.24) is 0 Å². The molecule has 1 saturated heterocycles. The van der Waals surface area contributed by atoms with E-state index in [4.69, 9.17) is 29.6 Å². The van der Waals surface area contributed by atoms with E-state index in [1.165, 1.54) is 6.26 Å². The first-order chi connectivity index (χ1) is 9.30. The molecule has 1 aliphatic heterocycles. The Labute approximate surface area is 133 Å². The van der Waals surface area contributed by atoms with Gasteiger partial charge in [0, 0.05) is 29.9 Å². The summed E-state index contributed by atoms with van der Waals surface area (Å²) in [6, 6.07) is 5.23. The van der Waals surface area contributed by atoms with Gasteiger partial charge in [0.25, 0.3) is 0 Å². The van der Waals surface area contributed by atoms with E-state index in [9.17, 15) is 8.42 Å². The van der Waals surface area contributed by atoms with E-state index in [1.807, 2.05) is 4.90 Å². The molecule has 2 rings (SSSR count). The molecule has 2 N–H and O–H groups in total. The van der Waals surface area contributed by atoms with Crippen molar-refractivity contribution in [3.8, 4) is 0 Å². The number of benzene rings is 1. The maximum atomic E-state index is 11.9. The Morgan fingerprint density at radius 2 is 2.25 bits per heavy atom. The predicted molar refractivity (Wildman–Crippen MR) is 90.6 cm³/mol. The zero-order valence-corrected chi connectivity index (χ0v) is 14.1. The molecule has 0 radical (unpaired) electrons. The van der Waals surface area contributed by atoms with Crippen molar-refractivity contribution in [2.24, 2.45) is 5.73 Å². The van der Waals surface area contributed by atoms with Gasteiger partial charge in [0.05, 0.1) is 10.7 Å². The van der Waals surface area contributed by atoms with Crippen molar-refractivity contribution in [2.75, 3.05) is 29.2 Å². The van der Waals surface area contributed by atoms with Crippen LogP contribution in [-0.2, 0) is 9.84 Å². The molecule has 1 aromatic carbocycles. The van der Waals surface area contributed by atoms with Crippen LogP contribution in [0.15, 0.2) is 18.2 Å². The predicted octanol–water partition coefficient (Wildman–Crippen LogP) is 1.90. The summed E-state index contributed by atoms with van der Waals surface area (Å²) in [5, 5.41) is -0.0784. The SMILES string of the molecule is CS(=O)(=O)C1CSCCN1c1ccc(C(N)=S)cc1Cl.